The summed E-state index contributed by atoms with van der Waals surface area (Å²) >= 11 is 0. The summed E-state index contributed by atoms with van der Waals surface area (Å²) < 4.78 is 0. The van der Waals surface area contributed by atoms with E-state index in [1.165, 1.54) is 70.6 Å². The molecule has 0 saturated carbocycles. The van der Waals surface area contributed by atoms with E-state index in [1.807, 2.05) is 0 Å². The fraction of sp³-hybridized carbons (Fsp3) is 0.944. The van der Waals surface area contributed by atoms with Crippen LogP contribution in [0.25, 0.3) is 0 Å². The average molecular weight is 299 g/mol. The van der Waals surface area contributed by atoms with Gasteiger partial charge in [-0.05, 0) is 6.42 Å². The molecule has 0 spiro atoms. The first-order chi connectivity index (χ1) is 10.2. The Bertz CT molecular complexity index is 231. The normalized spacial score (nSPS) is 12.5. The predicted octanol–water partition coefficient (Wildman–Crippen LogP) is 4.36. The SMILES string of the molecule is CCCCCCCCCCCCCCCC(=O)[C@@H](N)CO. The number of ketones is 1. The minimum absolute atomic E-state index is 0.000531. The Balaban J connectivity index is 3.11. The number of Topliss-reactive ketones (excluding diaryl/α,β-unsaturated/α-hetero) is 1. The highest BCUT2D eigenvalue weighted by Gasteiger charge is 2.10. The number of carbonyl (C=O) groups is 1. The predicted molar refractivity (Wildman–Crippen MR) is 90.4 cm³/mol. The lowest BCUT2D eigenvalue weighted by molar-refractivity contribution is -0.121. The monoisotopic (exact) mass is 299 g/mol. The van der Waals surface area contributed by atoms with E-state index >= 15 is 0 Å². The van der Waals surface area contributed by atoms with E-state index in [4.69, 9.17) is 10.8 Å². The van der Waals surface area contributed by atoms with E-state index in [9.17, 15) is 4.79 Å². The van der Waals surface area contributed by atoms with E-state index in [-0.39, 0.29) is 12.4 Å². The second kappa shape index (κ2) is 16.0. The van der Waals surface area contributed by atoms with Gasteiger partial charge in [0.25, 0.3) is 0 Å². The van der Waals surface area contributed by atoms with Gasteiger partial charge in [0, 0.05) is 6.42 Å². The molecule has 3 N–H and O–H groups in total. The van der Waals surface area contributed by atoms with Crippen molar-refractivity contribution in [3.8, 4) is 0 Å². The zero-order chi connectivity index (χ0) is 15.8. The number of aliphatic hydroxyl groups excluding tert-OH is 1. The van der Waals surface area contributed by atoms with Crippen LogP contribution in [0.4, 0.5) is 0 Å². The lowest BCUT2D eigenvalue weighted by Crippen LogP contribution is -2.33. The van der Waals surface area contributed by atoms with Crippen molar-refractivity contribution in [2.24, 2.45) is 5.73 Å². The molecular weight excluding hydrogens is 262 g/mol. The molecule has 0 bridgehead atoms. The molecule has 0 unspecified atom stereocenters. The molecule has 0 aromatic carbocycles. The summed E-state index contributed by atoms with van der Waals surface area (Å²) in [5, 5.41) is 8.76. The molecule has 1 atom stereocenters. The Kier molecular flexibility index (Phi) is 15.7. The summed E-state index contributed by atoms with van der Waals surface area (Å²) in [7, 11) is 0. The van der Waals surface area contributed by atoms with Gasteiger partial charge in [0.2, 0.25) is 0 Å². The smallest absolute Gasteiger partial charge is 0.151 e. The Labute approximate surface area is 131 Å². The Morgan fingerprint density at radius 2 is 1.19 bits per heavy atom. The van der Waals surface area contributed by atoms with Crippen LogP contribution < -0.4 is 5.73 Å². The molecule has 3 nitrogen and oxygen atoms in total. The first-order valence-corrected chi connectivity index (χ1v) is 9.11. The standard InChI is InChI=1S/C18H37NO2/c1-2-3-4-5-6-7-8-9-10-11-12-13-14-15-18(21)17(19)16-20/h17,20H,2-16,19H2,1H3/t17-/m0/s1. The number of hydrogen-bond donors (Lipinski definition) is 2. The third-order valence-corrected chi connectivity index (χ3v) is 4.14. The van der Waals surface area contributed by atoms with Crippen LogP contribution >= 0.6 is 0 Å². The molecule has 0 aliphatic rings. The van der Waals surface area contributed by atoms with Crippen LogP contribution in [0.1, 0.15) is 96.8 Å². The molecule has 0 aliphatic heterocycles. The van der Waals surface area contributed by atoms with Gasteiger partial charge in [-0.1, -0.05) is 84.0 Å². The maximum Gasteiger partial charge on any atom is 0.151 e. The van der Waals surface area contributed by atoms with Crippen LogP contribution in [0.2, 0.25) is 0 Å². The first kappa shape index (κ1) is 20.6. The lowest BCUT2D eigenvalue weighted by atomic mass is 10.0. The molecule has 0 saturated heterocycles. The Morgan fingerprint density at radius 3 is 1.57 bits per heavy atom. The summed E-state index contributed by atoms with van der Waals surface area (Å²) in [4.78, 5) is 11.4. The third-order valence-electron chi connectivity index (χ3n) is 4.14. The van der Waals surface area contributed by atoms with Gasteiger partial charge >= 0.3 is 0 Å². The number of unbranched alkanes of at least 4 members (excludes halogenated alkanes) is 12. The first-order valence-electron chi connectivity index (χ1n) is 9.11. The largest absolute Gasteiger partial charge is 0.394 e. The van der Waals surface area contributed by atoms with Gasteiger partial charge in [-0.3, -0.25) is 4.79 Å². The molecule has 0 heterocycles. The minimum atomic E-state index is -0.665. The van der Waals surface area contributed by atoms with Gasteiger partial charge in [0.15, 0.2) is 5.78 Å². The van der Waals surface area contributed by atoms with Crippen LogP contribution in [-0.2, 0) is 4.79 Å². The van der Waals surface area contributed by atoms with Crippen molar-refractivity contribution in [2.45, 2.75) is 103 Å². The zero-order valence-corrected chi connectivity index (χ0v) is 14.1. The van der Waals surface area contributed by atoms with Crippen molar-refractivity contribution < 1.29 is 9.90 Å². The highest BCUT2D eigenvalue weighted by atomic mass is 16.3. The molecule has 0 aromatic rings. The number of hydrogen-bond acceptors (Lipinski definition) is 3. The average Bonchev–Trinajstić information content (AvgIpc) is 2.50. The van der Waals surface area contributed by atoms with Crippen LogP contribution in [0.3, 0.4) is 0 Å². The maximum atomic E-state index is 11.4. The summed E-state index contributed by atoms with van der Waals surface area (Å²) in [6.45, 7) is 2.04. The van der Waals surface area contributed by atoms with E-state index in [0.717, 1.165) is 12.8 Å². The number of nitrogens with two attached hydrogens (primary N) is 1. The molecule has 0 amide bonds. The van der Waals surface area contributed by atoms with Crippen LogP contribution in [0.5, 0.6) is 0 Å². The van der Waals surface area contributed by atoms with Crippen molar-refractivity contribution in [1.82, 2.24) is 0 Å². The third kappa shape index (κ3) is 14.3. The molecule has 21 heavy (non-hydrogen) atoms. The second-order valence-corrected chi connectivity index (χ2v) is 6.25. The highest BCUT2D eigenvalue weighted by Crippen LogP contribution is 2.13. The summed E-state index contributed by atoms with van der Waals surface area (Å²) in [5.41, 5.74) is 5.46. The van der Waals surface area contributed by atoms with Crippen molar-refractivity contribution in [2.75, 3.05) is 6.61 Å². The van der Waals surface area contributed by atoms with Gasteiger partial charge in [0.1, 0.15) is 0 Å². The van der Waals surface area contributed by atoms with Crippen LogP contribution in [-0.4, -0.2) is 23.5 Å². The fourth-order valence-corrected chi connectivity index (χ4v) is 2.60. The van der Waals surface area contributed by atoms with E-state index in [1.54, 1.807) is 0 Å². The maximum absolute atomic E-state index is 11.4. The quantitative estimate of drug-likeness (QED) is 0.416. The van der Waals surface area contributed by atoms with Gasteiger partial charge in [0.05, 0.1) is 12.6 Å². The van der Waals surface area contributed by atoms with Gasteiger partial charge < -0.3 is 10.8 Å². The second-order valence-electron chi connectivity index (χ2n) is 6.25. The molecule has 3 heteroatoms. The van der Waals surface area contributed by atoms with Crippen molar-refractivity contribution in [3.05, 3.63) is 0 Å². The van der Waals surface area contributed by atoms with E-state index in [2.05, 4.69) is 6.92 Å². The van der Waals surface area contributed by atoms with Crippen molar-refractivity contribution in [1.29, 1.82) is 0 Å². The van der Waals surface area contributed by atoms with Gasteiger partial charge in [-0.2, -0.15) is 0 Å². The van der Waals surface area contributed by atoms with Crippen molar-refractivity contribution >= 4 is 5.78 Å². The molecule has 0 rings (SSSR count). The molecule has 0 fully saturated rings. The van der Waals surface area contributed by atoms with Gasteiger partial charge in [-0.25, -0.2) is 0 Å². The Morgan fingerprint density at radius 1 is 0.810 bits per heavy atom. The summed E-state index contributed by atoms with van der Waals surface area (Å²) in [5.74, 6) is 0.000531. The summed E-state index contributed by atoms with van der Waals surface area (Å²) in [6.07, 6.45) is 17.5. The molecule has 0 aromatic heterocycles. The van der Waals surface area contributed by atoms with E-state index in [0.29, 0.717) is 6.42 Å². The van der Waals surface area contributed by atoms with Gasteiger partial charge in [-0.15, -0.1) is 0 Å². The van der Waals surface area contributed by atoms with Crippen LogP contribution in [0.15, 0.2) is 0 Å². The lowest BCUT2D eigenvalue weighted by Gasteiger charge is -2.06. The molecular formula is C18H37NO2. The molecule has 126 valence electrons. The fourth-order valence-electron chi connectivity index (χ4n) is 2.60. The molecule has 0 radical (unpaired) electrons. The topological polar surface area (TPSA) is 63.3 Å². The van der Waals surface area contributed by atoms with Crippen LogP contribution in [0, 0.1) is 0 Å². The number of rotatable bonds is 16. The number of carbonyl (C=O) groups excluding carboxylic acids is 1. The molecule has 0 aliphatic carbocycles. The minimum Gasteiger partial charge on any atom is -0.394 e. The highest BCUT2D eigenvalue weighted by molar-refractivity contribution is 5.83. The zero-order valence-electron chi connectivity index (χ0n) is 14.1. The summed E-state index contributed by atoms with van der Waals surface area (Å²) in [6, 6.07) is -0.665. The Hall–Kier alpha value is -0.410. The van der Waals surface area contributed by atoms with E-state index < -0.39 is 6.04 Å². The van der Waals surface area contributed by atoms with Crippen molar-refractivity contribution in [3.63, 3.8) is 0 Å². The number of aliphatic hydroxyl groups is 1.